The Morgan fingerprint density at radius 2 is 2.15 bits per heavy atom. The predicted molar refractivity (Wildman–Crippen MR) is 105 cm³/mol. The van der Waals surface area contributed by atoms with E-state index in [0.717, 1.165) is 28.6 Å². The van der Waals surface area contributed by atoms with Crippen LogP contribution in [0.1, 0.15) is 31.2 Å². The molecule has 2 amide bonds. The summed E-state index contributed by atoms with van der Waals surface area (Å²) < 4.78 is 6.40. The second kappa shape index (κ2) is 8.85. The van der Waals surface area contributed by atoms with Crippen LogP contribution >= 0.6 is 15.9 Å². The number of halogens is 1. The highest BCUT2D eigenvalue weighted by Gasteiger charge is 2.39. The molecule has 0 radical (unpaired) electrons. The molecular weight excluding hydrogens is 410 g/mol. The third kappa shape index (κ3) is 4.50. The van der Waals surface area contributed by atoms with Crippen LogP contribution in [0, 0.1) is 24.2 Å². The van der Waals surface area contributed by atoms with Gasteiger partial charge in [0.1, 0.15) is 0 Å². The smallest absolute Gasteiger partial charge is 0.228 e. The van der Waals surface area contributed by atoms with Crippen LogP contribution in [0.25, 0.3) is 0 Å². The molecule has 2 fully saturated rings. The van der Waals surface area contributed by atoms with Gasteiger partial charge in [0.15, 0.2) is 0 Å². The van der Waals surface area contributed by atoms with Crippen molar-refractivity contribution in [2.75, 3.05) is 31.2 Å². The summed E-state index contributed by atoms with van der Waals surface area (Å²) in [4.78, 5) is 29.3. The van der Waals surface area contributed by atoms with E-state index in [0.29, 0.717) is 32.7 Å². The topological polar surface area (TPSA) is 73.6 Å². The maximum absolute atomic E-state index is 13.2. The van der Waals surface area contributed by atoms with Gasteiger partial charge >= 0.3 is 0 Å². The van der Waals surface area contributed by atoms with E-state index in [1.807, 2.05) is 30.0 Å². The molecule has 0 N–H and O–H groups in total. The maximum Gasteiger partial charge on any atom is 0.228 e. The standard InChI is InChI=1S/C20H24BrN3O3/c1-14-11-17(3-4-18(14)21)24-13-15(12-19(24)25)20(26)23(8-2-7-22)16-5-9-27-10-6-16/h3-4,11,15-16H,2,5-6,8-10,12-13H2,1H3. The van der Waals surface area contributed by atoms with Crippen LogP contribution < -0.4 is 4.90 Å². The summed E-state index contributed by atoms with van der Waals surface area (Å²) in [6.07, 6.45) is 2.10. The summed E-state index contributed by atoms with van der Waals surface area (Å²) in [5, 5.41) is 8.96. The average Bonchev–Trinajstić information content (AvgIpc) is 3.07. The monoisotopic (exact) mass is 433 g/mol. The lowest BCUT2D eigenvalue weighted by molar-refractivity contribution is -0.139. The van der Waals surface area contributed by atoms with E-state index < -0.39 is 0 Å². The van der Waals surface area contributed by atoms with Crippen molar-refractivity contribution in [3.05, 3.63) is 28.2 Å². The SMILES string of the molecule is Cc1cc(N2CC(C(=O)N(CCC#N)C3CCOCC3)CC2=O)ccc1Br. The molecule has 2 saturated heterocycles. The summed E-state index contributed by atoms with van der Waals surface area (Å²) in [6.45, 7) is 4.06. The minimum atomic E-state index is -0.358. The third-order valence-corrected chi connectivity index (χ3v) is 6.20. The van der Waals surface area contributed by atoms with E-state index in [2.05, 4.69) is 22.0 Å². The molecule has 1 aromatic rings. The van der Waals surface area contributed by atoms with E-state index in [1.54, 1.807) is 4.90 Å². The van der Waals surface area contributed by atoms with Gasteiger partial charge in [0.05, 0.1) is 18.4 Å². The first-order chi connectivity index (χ1) is 13.0. The molecule has 0 aromatic heterocycles. The second-order valence-electron chi connectivity index (χ2n) is 7.12. The first-order valence-corrected chi connectivity index (χ1v) is 10.1. The Balaban J connectivity index is 1.74. The molecule has 2 aliphatic rings. The van der Waals surface area contributed by atoms with Crippen LogP contribution in [0.5, 0.6) is 0 Å². The Labute approximate surface area is 168 Å². The number of carbonyl (C=O) groups excluding carboxylic acids is 2. The molecule has 0 saturated carbocycles. The van der Waals surface area contributed by atoms with E-state index >= 15 is 0 Å². The van der Waals surface area contributed by atoms with Crippen molar-refractivity contribution in [1.82, 2.24) is 4.90 Å². The molecule has 0 spiro atoms. The zero-order chi connectivity index (χ0) is 19.4. The highest BCUT2D eigenvalue weighted by atomic mass is 79.9. The fourth-order valence-corrected chi connectivity index (χ4v) is 4.04. The number of hydrogen-bond donors (Lipinski definition) is 0. The quantitative estimate of drug-likeness (QED) is 0.714. The molecule has 1 aromatic carbocycles. The summed E-state index contributed by atoms with van der Waals surface area (Å²) in [5.41, 5.74) is 1.87. The van der Waals surface area contributed by atoms with Gasteiger partial charge in [0.25, 0.3) is 0 Å². The average molecular weight is 434 g/mol. The Morgan fingerprint density at radius 3 is 2.81 bits per heavy atom. The van der Waals surface area contributed by atoms with Crippen LogP contribution in [-0.2, 0) is 14.3 Å². The number of rotatable bonds is 5. The largest absolute Gasteiger partial charge is 0.381 e. The molecule has 7 heteroatoms. The molecule has 2 aliphatic heterocycles. The fraction of sp³-hybridized carbons (Fsp3) is 0.550. The number of nitriles is 1. The fourth-order valence-electron chi connectivity index (χ4n) is 3.79. The van der Waals surface area contributed by atoms with Crippen molar-refractivity contribution < 1.29 is 14.3 Å². The number of benzene rings is 1. The van der Waals surface area contributed by atoms with Crippen molar-refractivity contribution in [2.45, 2.75) is 38.6 Å². The zero-order valence-corrected chi connectivity index (χ0v) is 17.1. The lowest BCUT2D eigenvalue weighted by atomic mass is 10.0. The summed E-state index contributed by atoms with van der Waals surface area (Å²) in [6, 6.07) is 8.01. The molecule has 144 valence electrons. The summed E-state index contributed by atoms with van der Waals surface area (Å²) in [5.74, 6) is -0.396. The number of nitrogens with zero attached hydrogens (tertiary/aromatic N) is 3. The number of anilines is 1. The predicted octanol–water partition coefficient (Wildman–Crippen LogP) is 3.03. The van der Waals surface area contributed by atoms with Gasteiger partial charge < -0.3 is 14.5 Å². The number of carbonyl (C=O) groups is 2. The van der Waals surface area contributed by atoms with Gasteiger partial charge in [-0.05, 0) is 43.5 Å². The van der Waals surface area contributed by atoms with Crippen molar-refractivity contribution in [3.63, 3.8) is 0 Å². The van der Waals surface area contributed by atoms with Crippen LogP contribution in [0.15, 0.2) is 22.7 Å². The molecule has 2 heterocycles. The Kier molecular flexibility index (Phi) is 6.51. The zero-order valence-electron chi connectivity index (χ0n) is 15.5. The lowest BCUT2D eigenvalue weighted by Gasteiger charge is -2.35. The first kappa shape index (κ1) is 19.8. The minimum absolute atomic E-state index is 0.0122. The van der Waals surface area contributed by atoms with E-state index in [4.69, 9.17) is 10.00 Å². The number of hydrogen-bond acceptors (Lipinski definition) is 4. The van der Waals surface area contributed by atoms with Crippen molar-refractivity contribution in [1.29, 1.82) is 5.26 Å². The highest BCUT2D eigenvalue weighted by Crippen LogP contribution is 2.30. The van der Waals surface area contributed by atoms with Crippen LogP contribution in [0.3, 0.4) is 0 Å². The first-order valence-electron chi connectivity index (χ1n) is 9.33. The molecule has 6 nitrogen and oxygen atoms in total. The Hall–Kier alpha value is -1.91. The Morgan fingerprint density at radius 1 is 1.41 bits per heavy atom. The number of ether oxygens (including phenoxy) is 1. The minimum Gasteiger partial charge on any atom is -0.381 e. The maximum atomic E-state index is 13.2. The molecule has 27 heavy (non-hydrogen) atoms. The second-order valence-corrected chi connectivity index (χ2v) is 7.98. The third-order valence-electron chi connectivity index (χ3n) is 5.31. The number of amides is 2. The van der Waals surface area contributed by atoms with Gasteiger partial charge in [-0.25, -0.2) is 0 Å². The highest BCUT2D eigenvalue weighted by molar-refractivity contribution is 9.10. The van der Waals surface area contributed by atoms with Gasteiger partial charge in [0.2, 0.25) is 11.8 Å². The van der Waals surface area contributed by atoms with Gasteiger partial charge in [-0.1, -0.05) is 15.9 Å². The van der Waals surface area contributed by atoms with Gasteiger partial charge in [0, 0.05) is 48.9 Å². The molecule has 0 aliphatic carbocycles. The van der Waals surface area contributed by atoms with Gasteiger partial charge in [-0.2, -0.15) is 5.26 Å². The summed E-state index contributed by atoms with van der Waals surface area (Å²) >= 11 is 3.47. The summed E-state index contributed by atoms with van der Waals surface area (Å²) in [7, 11) is 0. The van der Waals surface area contributed by atoms with Crippen LogP contribution in [0.2, 0.25) is 0 Å². The Bertz CT molecular complexity index is 755. The molecule has 3 rings (SSSR count). The van der Waals surface area contributed by atoms with Crippen molar-refractivity contribution in [3.8, 4) is 6.07 Å². The normalized spacial score (nSPS) is 20.6. The molecule has 1 unspecified atom stereocenters. The van der Waals surface area contributed by atoms with Crippen molar-refractivity contribution in [2.24, 2.45) is 5.92 Å². The van der Waals surface area contributed by atoms with E-state index in [9.17, 15) is 9.59 Å². The van der Waals surface area contributed by atoms with Crippen LogP contribution in [0.4, 0.5) is 5.69 Å². The molecule has 1 atom stereocenters. The van der Waals surface area contributed by atoms with E-state index in [-0.39, 0.29) is 30.2 Å². The molecule has 0 bridgehead atoms. The van der Waals surface area contributed by atoms with Gasteiger partial charge in [-0.3, -0.25) is 9.59 Å². The van der Waals surface area contributed by atoms with E-state index in [1.165, 1.54) is 0 Å². The lowest BCUT2D eigenvalue weighted by Crippen LogP contribution is -2.47. The van der Waals surface area contributed by atoms with Crippen molar-refractivity contribution >= 4 is 33.4 Å². The van der Waals surface area contributed by atoms with Gasteiger partial charge in [-0.15, -0.1) is 0 Å². The number of aryl methyl sites for hydroxylation is 1. The molecular formula is C20H24BrN3O3. The van der Waals surface area contributed by atoms with Crippen LogP contribution in [-0.4, -0.2) is 49.1 Å².